The molecule has 2 atom stereocenters. The van der Waals surface area contributed by atoms with Gasteiger partial charge in [0.05, 0.1) is 19.9 Å². The van der Waals surface area contributed by atoms with E-state index >= 15 is 0 Å². The van der Waals surface area contributed by atoms with E-state index in [-0.39, 0.29) is 17.6 Å². The molecule has 4 rings (SSSR count). The Kier molecular flexibility index (Phi) is 7.71. The molecule has 0 radical (unpaired) electrons. The number of benzene rings is 2. The van der Waals surface area contributed by atoms with E-state index in [9.17, 15) is 9.59 Å². The van der Waals surface area contributed by atoms with E-state index in [1.807, 2.05) is 24.3 Å². The summed E-state index contributed by atoms with van der Waals surface area (Å²) < 4.78 is 10.1. The Balaban J connectivity index is 0.000000195. The lowest BCUT2D eigenvalue weighted by Gasteiger charge is -2.33. The van der Waals surface area contributed by atoms with Gasteiger partial charge in [-0.3, -0.25) is 14.9 Å². The first-order chi connectivity index (χ1) is 15.4. The largest absolute Gasteiger partial charge is 0.497 e. The average molecular weight is 441 g/mol. The number of rotatable bonds is 5. The number of amides is 2. The quantitative estimate of drug-likeness (QED) is 0.565. The molecule has 1 aliphatic carbocycles. The van der Waals surface area contributed by atoms with Crippen molar-refractivity contribution in [2.45, 2.75) is 49.9 Å². The summed E-state index contributed by atoms with van der Waals surface area (Å²) in [6, 6.07) is 13.6. The summed E-state index contributed by atoms with van der Waals surface area (Å²) in [5.74, 6) is 1.09. The molecular formula is C24H32N4O4. The van der Waals surface area contributed by atoms with Crippen LogP contribution in [0, 0.1) is 0 Å². The van der Waals surface area contributed by atoms with E-state index in [2.05, 4.69) is 10.6 Å². The van der Waals surface area contributed by atoms with E-state index in [4.69, 9.17) is 20.9 Å². The monoisotopic (exact) mass is 440 g/mol. The molecule has 2 aliphatic rings. The van der Waals surface area contributed by atoms with Gasteiger partial charge in [-0.2, -0.15) is 0 Å². The minimum Gasteiger partial charge on any atom is -0.497 e. The Morgan fingerprint density at radius 3 is 2.00 bits per heavy atom. The van der Waals surface area contributed by atoms with Gasteiger partial charge in [0.15, 0.2) is 0 Å². The van der Waals surface area contributed by atoms with Gasteiger partial charge >= 0.3 is 0 Å². The summed E-state index contributed by atoms with van der Waals surface area (Å²) in [5.41, 5.74) is 12.1. The molecule has 32 heavy (non-hydrogen) atoms. The van der Waals surface area contributed by atoms with Gasteiger partial charge in [-0.05, 0) is 61.1 Å². The van der Waals surface area contributed by atoms with Gasteiger partial charge in [0.1, 0.15) is 23.6 Å². The fourth-order valence-corrected chi connectivity index (χ4v) is 4.12. The van der Waals surface area contributed by atoms with E-state index in [1.54, 1.807) is 38.5 Å². The highest BCUT2D eigenvalue weighted by atomic mass is 16.5. The van der Waals surface area contributed by atoms with Crippen LogP contribution in [0.1, 0.15) is 55.3 Å². The Bertz CT molecular complexity index is 909. The second kappa shape index (κ2) is 10.5. The molecule has 2 aromatic rings. The van der Waals surface area contributed by atoms with Crippen molar-refractivity contribution < 1.29 is 19.1 Å². The molecule has 0 bridgehead atoms. The fourth-order valence-electron chi connectivity index (χ4n) is 4.12. The molecule has 1 heterocycles. The summed E-state index contributed by atoms with van der Waals surface area (Å²) in [7, 11) is 3.22. The first-order valence-electron chi connectivity index (χ1n) is 10.8. The van der Waals surface area contributed by atoms with Crippen molar-refractivity contribution in [2.75, 3.05) is 14.2 Å². The van der Waals surface area contributed by atoms with Crippen LogP contribution in [0.2, 0.25) is 0 Å². The molecule has 172 valence electrons. The summed E-state index contributed by atoms with van der Waals surface area (Å²) in [4.78, 5) is 22.9. The van der Waals surface area contributed by atoms with E-state index in [0.29, 0.717) is 5.56 Å². The number of carbonyl (C=O) groups excluding carboxylic acids is 2. The first-order valence-corrected chi connectivity index (χ1v) is 10.8. The van der Waals surface area contributed by atoms with Crippen LogP contribution in [-0.4, -0.2) is 31.7 Å². The maximum atomic E-state index is 12.2. The number of primary amides is 1. The molecule has 1 saturated heterocycles. The van der Waals surface area contributed by atoms with Crippen LogP contribution >= 0.6 is 0 Å². The average Bonchev–Trinajstić information content (AvgIpc) is 3.14. The Morgan fingerprint density at radius 2 is 1.50 bits per heavy atom. The molecule has 2 aromatic carbocycles. The van der Waals surface area contributed by atoms with Crippen molar-refractivity contribution >= 4 is 11.8 Å². The highest BCUT2D eigenvalue weighted by Crippen LogP contribution is 2.33. The predicted octanol–water partition coefficient (Wildman–Crippen LogP) is 2.30. The van der Waals surface area contributed by atoms with Crippen LogP contribution < -0.4 is 31.6 Å². The number of methoxy groups -OCH3 is 2. The van der Waals surface area contributed by atoms with Crippen LogP contribution in [0.3, 0.4) is 0 Å². The molecule has 6 N–H and O–H groups in total. The van der Waals surface area contributed by atoms with Crippen molar-refractivity contribution in [3.05, 3.63) is 59.7 Å². The molecule has 8 nitrogen and oxygen atoms in total. The maximum absolute atomic E-state index is 12.2. The Labute approximate surface area is 188 Å². The number of ether oxygens (including phenoxy) is 2. The summed E-state index contributed by atoms with van der Waals surface area (Å²) in [6.45, 7) is 0. The molecule has 1 saturated carbocycles. The minimum absolute atomic E-state index is 0.0899. The smallest absolute Gasteiger partial charge is 0.243 e. The third-order valence-electron chi connectivity index (χ3n) is 5.98. The van der Waals surface area contributed by atoms with Crippen LogP contribution in [0.5, 0.6) is 11.5 Å². The van der Waals surface area contributed by atoms with Gasteiger partial charge < -0.3 is 26.3 Å². The van der Waals surface area contributed by atoms with Gasteiger partial charge in [-0.15, -0.1) is 0 Å². The molecule has 2 fully saturated rings. The van der Waals surface area contributed by atoms with Crippen LogP contribution in [0.15, 0.2) is 48.5 Å². The number of nitrogens with one attached hydrogen (secondary N) is 2. The zero-order valence-corrected chi connectivity index (χ0v) is 18.6. The van der Waals surface area contributed by atoms with Gasteiger partial charge in [-0.25, -0.2) is 0 Å². The summed E-state index contributed by atoms with van der Waals surface area (Å²) in [6.07, 6.45) is 5.70. The second-order valence-corrected chi connectivity index (χ2v) is 8.14. The Morgan fingerprint density at radius 1 is 0.969 bits per heavy atom. The number of carbonyl (C=O) groups is 2. The highest BCUT2D eigenvalue weighted by molar-refractivity contribution is 5.86. The van der Waals surface area contributed by atoms with E-state index < -0.39 is 11.9 Å². The van der Waals surface area contributed by atoms with Crippen molar-refractivity contribution in [1.29, 1.82) is 0 Å². The van der Waals surface area contributed by atoms with Crippen LogP contribution in [0.4, 0.5) is 0 Å². The third-order valence-corrected chi connectivity index (χ3v) is 5.98. The summed E-state index contributed by atoms with van der Waals surface area (Å²) in [5, 5.41) is 6.67. The highest BCUT2D eigenvalue weighted by Gasteiger charge is 2.44. The standard InChI is InChI=1S/C15H20N2O2.C9H12N2O2/c1-19-12-7-5-11(6-8-12)13-14(18)17-15(16-13)9-3-2-4-10-15;1-13-7-4-2-6(3-5-7)8(10)9(11)12/h5-8,13,16H,2-4,9-10H2,1H3,(H,17,18);2-5,8H,10H2,1H3,(H2,11,12). The van der Waals surface area contributed by atoms with E-state index in [1.165, 1.54) is 19.3 Å². The van der Waals surface area contributed by atoms with E-state index in [0.717, 1.165) is 29.9 Å². The molecule has 2 amide bonds. The molecule has 8 heteroatoms. The lowest BCUT2D eigenvalue weighted by atomic mass is 9.89. The van der Waals surface area contributed by atoms with Crippen molar-refractivity contribution in [3.8, 4) is 11.5 Å². The van der Waals surface area contributed by atoms with Crippen LogP contribution in [0.25, 0.3) is 0 Å². The zero-order valence-electron chi connectivity index (χ0n) is 18.6. The molecule has 1 spiro atoms. The number of hydrogen-bond donors (Lipinski definition) is 4. The summed E-state index contributed by atoms with van der Waals surface area (Å²) >= 11 is 0. The van der Waals surface area contributed by atoms with Crippen molar-refractivity contribution in [3.63, 3.8) is 0 Å². The normalized spacial score (nSPS) is 20.0. The first kappa shape index (κ1) is 23.6. The molecule has 1 aliphatic heterocycles. The van der Waals surface area contributed by atoms with Gasteiger partial charge in [0.2, 0.25) is 11.8 Å². The molecule has 0 aromatic heterocycles. The minimum atomic E-state index is -0.745. The SMILES string of the molecule is COc1ccc(C(N)C(N)=O)cc1.COc1ccc(C2NC3(CCCCC3)NC2=O)cc1. The van der Waals surface area contributed by atoms with Gasteiger partial charge in [-0.1, -0.05) is 30.7 Å². The van der Waals surface area contributed by atoms with Gasteiger partial charge in [0.25, 0.3) is 0 Å². The fraction of sp³-hybridized carbons (Fsp3) is 0.417. The maximum Gasteiger partial charge on any atom is 0.243 e. The lowest BCUT2D eigenvalue weighted by Crippen LogP contribution is -2.51. The van der Waals surface area contributed by atoms with Gasteiger partial charge in [0, 0.05) is 0 Å². The topological polar surface area (TPSA) is 129 Å². The lowest BCUT2D eigenvalue weighted by molar-refractivity contribution is -0.121. The second-order valence-electron chi connectivity index (χ2n) is 8.14. The van der Waals surface area contributed by atoms with Crippen LogP contribution in [-0.2, 0) is 9.59 Å². The zero-order chi connectivity index (χ0) is 23.1. The number of nitrogens with two attached hydrogens (primary N) is 2. The third kappa shape index (κ3) is 5.57. The number of hydrogen-bond acceptors (Lipinski definition) is 6. The van der Waals surface area contributed by atoms with Crippen molar-refractivity contribution in [2.24, 2.45) is 11.5 Å². The Hall–Kier alpha value is -3.10. The predicted molar refractivity (Wildman–Crippen MR) is 122 cm³/mol. The molecular weight excluding hydrogens is 408 g/mol. The van der Waals surface area contributed by atoms with Crippen molar-refractivity contribution in [1.82, 2.24) is 10.6 Å². The molecule has 2 unspecified atom stereocenters.